The summed E-state index contributed by atoms with van der Waals surface area (Å²) >= 11 is 0. The lowest BCUT2D eigenvalue weighted by Gasteiger charge is -2.11. The third-order valence-electron chi connectivity index (χ3n) is 2.71. The van der Waals surface area contributed by atoms with Crippen molar-refractivity contribution in [1.82, 2.24) is 0 Å². The first-order valence-corrected chi connectivity index (χ1v) is 6.25. The van der Waals surface area contributed by atoms with E-state index >= 15 is 0 Å². The zero-order valence-electron chi connectivity index (χ0n) is 12.1. The van der Waals surface area contributed by atoms with E-state index in [0.717, 1.165) is 11.3 Å². The van der Waals surface area contributed by atoms with E-state index in [2.05, 4.69) is 11.7 Å². The van der Waals surface area contributed by atoms with Crippen molar-refractivity contribution in [3.05, 3.63) is 59.3 Å². The van der Waals surface area contributed by atoms with Gasteiger partial charge in [0.25, 0.3) is 0 Å². The summed E-state index contributed by atoms with van der Waals surface area (Å²) in [6, 6.07) is 11.8. The predicted octanol–water partition coefficient (Wildman–Crippen LogP) is 3.32. The van der Waals surface area contributed by atoms with Crippen molar-refractivity contribution in [2.24, 2.45) is 4.99 Å². The van der Waals surface area contributed by atoms with Gasteiger partial charge in [0.05, 0.1) is 5.57 Å². The number of nitrogens with zero attached hydrogens (tertiary/aromatic N) is 4. The average molecular weight is 276 g/mol. The standard InChI is InChI=1S/C17H16N4/c1-20-17(13-19)15(12-18)7-5-4-6-14-8-10-16(11-9-14)21(2)3/h4-11H,1H2,2-3H3/b6-4?,7-5?,17-15+. The van der Waals surface area contributed by atoms with Crippen LogP contribution in [0.15, 0.2) is 58.8 Å². The second-order valence-corrected chi connectivity index (χ2v) is 4.35. The molecule has 0 unspecified atom stereocenters. The number of rotatable bonds is 5. The molecule has 0 saturated carbocycles. The molecule has 104 valence electrons. The molecule has 1 aromatic rings. The van der Waals surface area contributed by atoms with Gasteiger partial charge in [0.2, 0.25) is 0 Å². The Labute approximate surface area is 125 Å². The van der Waals surface area contributed by atoms with Gasteiger partial charge in [-0.15, -0.1) is 0 Å². The van der Waals surface area contributed by atoms with Gasteiger partial charge in [-0.3, -0.25) is 4.99 Å². The third-order valence-corrected chi connectivity index (χ3v) is 2.71. The van der Waals surface area contributed by atoms with Gasteiger partial charge in [0.15, 0.2) is 5.70 Å². The molecule has 1 rings (SSSR count). The van der Waals surface area contributed by atoms with E-state index in [1.165, 1.54) is 6.08 Å². The number of anilines is 1. The number of hydrogen-bond donors (Lipinski definition) is 0. The molecule has 0 aliphatic rings. The Bertz CT molecular complexity index is 662. The van der Waals surface area contributed by atoms with Crippen LogP contribution in [-0.4, -0.2) is 20.8 Å². The molecule has 0 spiro atoms. The van der Waals surface area contributed by atoms with Crippen molar-refractivity contribution in [1.29, 1.82) is 10.5 Å². The van der Waals surface area contributed by atoms with Gasteiger partial charge in [-0.1, -0.05) is 30.4 Å². The number of benzene rings is 1. The third kappa shape index (κ3) is 4.81. The topological polar surface area (TPSA) is 63.2 Å². The highest BCUT2D eigenvalue weighted by Gasteiger charge is 1.98. The van der Waals surface area contributed by atoms with Gasteiger partial charge in [0, 0.05) is 19.8 Å². The number of aliphatic imine (C=N–C) groups is 1. The van der Waals surface area contributed by atoms with E-state index in [1.807, 2.05) is 61.5 Å². The van der Waals surface area contributed by atoms with Gasteiger partial charge in [-0.25, -0.2) is 0 Å². The SMILES string of the molecule is C=N/C(C#N)=C(/C#N)C=CC=Cc1ccc(N(C)C)cc1. The molecule has 4 nitrogen and oxygen atoms in total. The van der Waals surface area contributed by atoms with Crippen molar-refractivity contribution < 1.29 is 0 Å². The van der Waals surface area contributed by atoms with Crippen molar-refractivity contribution in [2.75, 3.05) is 19.0 Å². The largest absolute Gasteiger partial charge is 0.378 e. The number of nitriles is 2. The molecule has 0 aliphatic heterocycles. The zero-order valence-corrected chi connectivity index (χ0v) is 12.1. The quantitative estimate of drug-likeness (QED) is 0.471. The van der Waals surface area contributed by atoms with Crippen LogP contribution < -0.4 is 4.90 Å². The fourth-order valence-corrected chi connectivity index (χ4v) is 1.55. The van der Waals surface area contributed by atoms with E-state index in [0.29, 0.717) is 0 Å². The van der Waals surface area contributed by atoms with E-state index < -0.39 is 0 Å². The van der Waals surface area contributed by atoms with Gasteiger partial charge in [-0.2, -0.15) is 10.5 Å². The first kappa shape index (κ1) is 15.9. The van der Waals surface area contributed by atoms with Crippen molar-refractivity contribution in [2.45, 2.75) is 0 Å². The highest BCUT2D eigenvalue weighted by atomic mass is 15.1. The normalized spacial score (nSPS) is 11.8. The fraction of sp³-hybridized carbons (Fsp3) is 0.118. The Morgan fingerprint density at radius 2 is 1.81 bits per heavy atom. The Morgan fingerprint density at radius 1 is 1.14 bits per heavy atom. The summed E-state index contributed by atoms with van der Waals surface area (Å²) < 4.78 is 0. The minimum absolute atomic E-state index is 0.0254. The molecular formula is C17H16N4. The summed E-state index contributed by atoms with van der Waals surface area (Å²) in [7, 11) is 3.98. The van der Waals surface area contributed by atoms with Crippen LogP contribution in [0.2, 0.25) is 0 Å². The van der Waals surface area contributed by atoms with Crippen molar-refractivity contribution in [3.63, 3.8) is 0 Å². The zero-order chi connectivity index (χ0) is 15.7. The molecule has 0 amide bonds. The van der Waals surface area contributed by atoms with Crippen LogP contribution >= 0.6 is 0 Å². The van der Waals surface area contributed by atoms with Crippen LogP contribution in [0.5, 0.6) is 0 Å². The molecule has 0 radical (unpaired) electrons. The summed E-state index contributed by atoms with van der Waals surface area (Å²) in [5.74, 6) is 0. The van der Waals surface area contributed by atoms with Crippen LogP contribution in [-0.2, 0) is 0 Å². The fourth-order valence-electron chi connectivity index (χ4n) is 1.55. The Kier molecular flexibility index (Phi) is 6.18. The minimum atomic E-state index is 0.0254. The molecule has 1 aromatic carbocycles. The summed E-state index contributed by atoms with van der Waals surface area (Å²) in [6.07, 6.45) is 6.96. The Balaban J connectivity index is 2.81. The molecular weight excluding hydrogens is 260 g/mol. The van der Waals surface area contributed by atoms with Crippen molar-refractivity contribution >= 4 is 18.5 Å². The summed E-state index contributed by atoms with van der Waals surface area (Å²) in [5.41, 5.74) is 2.40. The predicted molar refractivity (Wildman–Crippen MR) is 86.7 cm³/mol. The van der Waals surface area contributed by atoms with E-state index in [9.17, 15) is 0 Å². The monoisotopic (exact) mass is 276 g/mol. The van der Waals surface area contributed by atoms with Crippen molar-refractivity contribution in [3.8, 4) is 12.1 Å². The Morgan fingerprint density at radius 3 is 2.29 bits per heavy atom. The first-order chi connectivity index (χ1) is 10.1. The molecule has 0 aliphatic carbocycles. The average Bonchev–Trinajstić information content (AvgIpc) is 2.51. The highest BCUT2D eigenvalue weighted by Crippen LogP contribution is 2.13. The van der Waals surface area contributed by atoms with E-state index in [-0.39, 0.29) is 11.3 Å². The molecule has 0 N–H and O–H groups in total. The molecule has 21 heavy (non-hydrogen) atoms. The maximum absolute atomic E-state index is 8.93. The second kappa shape index (κ2) is 8.14. The lowest BCUT2D eigenvalue weighted by molar-refractivity contribution is 1.13. The smallest absolute Gasteiger partial charge is 0.157 e. The van der Waals surface area contributed by atoms with E-state index in [1.54, 1.807) is 12.2 Å². The maximum atomic E-state index is 8.93. The number of allylic oxidation sites excluding steroid dienone is 5. The molecule has 0 aromatic heterocycles. The lowest BCUT2D eigenvalue weighted by atomic mass is 10.1. The summed E-state index contributed by atoms with van der Waals surface area (Å²) in [5, 5.41) is 17.7. The van der Waals surface area contributed by atoms with Crippen LogP contribution in [0.1, 0.15) is 5.56 Å². The lowest BCUT2D eigenvalue weighted by Crippen LogP contribution is -2.07. The second-order valence-electron chi connectivity index (χ2n) is 4.35. The van der Waals surface area contributed by atoms with Crippen LogP contribution in [0.4, 0.5) is 5.69 Å². The van der Waals surface area contributed by atoms with Gasteiger partial charge < -0.3 is 4.90 Å². The Hall–Kier alpha value is -3.11. The van der Waals surface area contributed by atoms with Gasteiger partial charge in [-0.05, 0) is 30.5 Å². The molecule has 0 heterocycles. The number of hydrogen-bond acceptors (Lipinski definition) is 4. The molecule has 0 fully saturated rings. The summed E-state index contributed by atoms with van der Waals surface area (Å²) in [4.78, 5) is 5.54. The van der Waals surface area contributed by atoms with Gasteiger partial charge >= 0.3 is 0 Å². The molecule has 0 bridgehead atoms. The van der Waals surface area contributed by atoms with Crippen LogP contribution in [0, 0.1) is 22.7 Å². The minimum Gasteiger partial charge on any atom is -0.378 e. The van der Waals surface area contributed by atoms with Gasteiger partial charge in [0.1, 0.15) is 12.1 Å². The van der Waals surface area contributed by atoms with Crippen LogP contribution in [0.3, 0.4) is 0 Å². The first-order valence-electron chi connectivity index (χ1n) is 6.25. The molecule has 0 saturated heterocycles. The van der Waals surface area contributed by atoms with E-state index in [4.69, 9.17) is 10.5 Å². The molecule has 4 heteroatoms. The molecule has 0 atom stereocenters. The summed E-state index contributed by atoms with van der Waals surface area (Å²) in [6.45, 7) is 3.26. The van der Waals surface area contributed by atoms with Crippen LogP contribution in [0.25, 0.3) is 6.08 Å². The highest BCUT2D eigenvalue weighted by molar-refractivity contribution is 5.57. The maximum Gasteiger partial charge on any atom is 0.157 e.